The van der Waals surface area contributed by atoms with E-state index in [1.165, 1.54) is 5.38 Å². The maximum Gasteiger partial charge on any atom is 0.413 e. The molecule has 2 amide bonds. The van der Waals surface area contributed by atoms with Crippen LogP contribution in [0.1, 0.15) is 19.5 Å². The molecule has 1 aromatic rings. The lowest BCUT2D eigenvalue weighted by molar-refractivity contribution is -0.112. The van der Waals surface area contributed by atoms with Gasteiger partial charge < -0.3 is 9.57 Å². The van der Waals surface area contributed by atoms with E-state index in [0.29, 0.717) is 0 Å². The van der Waals surface area contributed by atoms with Crippen LogP contribution < -0.4 is 11.1 Å². The monoisotopic (exact) mass is 401 g/mol. The zero-order chi connectivity index (χ0) is 17.6. The molecule has 1 heterocycles. The predicted octanol–water partition coefficient (Wildman–Crippen LogP) is 3.00. The second-order valence-electron chi connectivity index (χ2n) is 4.28. The minimum atomic E-state index is -1.73. The topological polar surface area (TPSA) is 114 Å². The fourth-order valence-electron chi connectivity index (χ4n) is 1.07. The van der Waals surface area contributed by atoms with E-state index < -0.39 is 22.4 Å². The molecule has 0 spiro atoms. The number of oxime groups is 1. The zero-order valence-electron chi connectivity index (χ0n) is 11.9. The molecule has 0 aliphatic carbocycles. The number of carbonyl (C=O) groups excluding carboxylic acids is 2. The van der Waals surface area contributed by atoms with E-state index in [0.717, 1.165) is 11.3 Å². The Labute approximate surface area is 150 Å². The van der Waals surface area contributed by atoms with E-state index in [9.17, 15) is 9.59 Å². The molecule has 0 unspecified atom stereocenters. The first-order chi connectivity index (χ1) is 10.6. The number of amides is 2. The average molecular weight is 403 g/mol. The van der Waals surface area contributed by atoms with Crippen molar-refractivity contribution in [1.29, 1.82) is 0 Å². The Morgan fingerprint density at radius 1 is 1.48 bits per heavy atom. The van der Waals surface area contributed by atoms with Gasteiger partial charge in [0.15, 0.2) is 10.8 Å². The molecule has 0 atom stereocenters. The number of aromatic nitrogens is 1. The number of nitrogens with one attached hydrogen (secondary N) is 2. The molecule has 0 saturated carbocycles. The summed E-state index contributed by atoms with van der Waals surface area (Å²) in [6.07, 6.45) is -1.15. The van der Waals surface area contributed by atoms with E-state index in [2.05, 4.69) is 20.2 Å². The van der Waals surface area contributed by atoms with E-state index in [1.54, 1.807) is 13.8 Å². The maximum absolute atomic E-state index is 11.5. The molecule has 0 aliphatic heterocycles. The van der Waals surface area contributed by atoms with Crippen LogP contribution in [0.2, 0.25) is 0 Å². The summed E-state index contributed by atoms with van der Waals surface area (Å²) in [6, 6.07) is 0. The van der Waals surface area contributed by atoms with Gasteiger partial charge in [-0.2, -0.15) is 0 Å². The predicted molar refractivity (Wildman–Crippen MR) is 88.2 cm³/mol. The lowest BCUT2D eigenvalue weighted by atomic mass is 10.3. The second kappa shape index (κ2) is 8.53. The smallest absolute Gasteiger partial charge is 0.413 e. The fraction of sp³-hybridized carbons (Fsp3) is 0.455. The Hall–Kier alpha value is -1.29. The molecule has 23 heavy (non-hydrogen) atoms. The van der Waals surface area contributed by atoms with Gasteiger partial charge in [0.2, 0.25) is 3.79 Å². The van der Waals surface area contributed by atoms with Crippen molar-refractivity contribution in [3.8, 4) is 0 Å². The number of rotatable bonds is 6. The van der Waals surface area contributed by atoms with Gasteiger partial charge in [0, 0.05) is 5.38 Å². The van der Waals surface area contributed by atoms with Gasteiger partial charge in [-0.25, -0.2) is 9.78 Å². The molecule has 0 bridgehead atoms. The van der Waals surface area contributed by atoms with Crippen LogP contribution in [0.3, 0.4) is 0 Å². The zero-order valence-corrected chi connectivity index (χ0v) is 15.0. The first-order valence-corrected chi connectivity index (χ1v) is 8.06. The summed E-state index contributed by atoms with van der Waals surface area (Å²) in [5, 5.41) is 7.43. The number of hydrogen-bond acceptors (Lipinski definition) is 7. The summed E-state index contributed by atoms with van der Waals surface area (Å²) in [6.45, 7) is 2.98. The third kappa shape index (κ3) is 7.69. The minimum Gasteiger partial charge on any atom is -0.445 e. The summed E-state index contributed by atoms with van der Waals surface area (Å²) in [5.74, 6) is -1.07. The molecular formula is C11H12Cl3N4O4S. The molecule has 1 rings (SSSR count). The minimum absolute atomic E-state index is 0.0901. The molecular weight excluding hydrogens is 391 g/mol. The summed E-state index contributed by atoms with van der Waals surface area (Å²) >= 11 is 17.3. The third-order valence-corrected chi connectivity index (χ3v) is 2.98. The number of alkyl halides is 3. The van der Waals surface area contributed by atoms with Crippen molar-refractivity contribution in [1.82, 2.24) is 10.7 Å². The van der Waals surface area contributed by atoms with Gasteiger partial charge in [-0.05, 0) is 13.8 Å². The number of nitrogens with zero attached hydrogens (tertiary/aromatic N) is 2. The van der Waals surface area contributed by atoms with Gasteiger partial charge in [0.25, 0.3) is 5.91 Å². The lowest BCUT2D eigenvalue weighted by Gasteiger charge is -2.10. The molecule has 127 valence electrons. The van der Waals surface area contributed by atoms with E-state index >= 15 is 0 Å². The highest BCUT2D eigenvalue weighted by Crippen LogP contribution is 2.26. The van der Waals surface area contributed by atoms with Crippen LogP contribution in [0.4, 0.5) is 9.93 Å². The van der Waals surface area contributed by atoms with E-state index in [1.807, 2.05) is 0 Å². The Bertz CT molecular complexity index is 600. The van der Waals surface area contributed by atoms with Gasteiger partial charge >= 0.3 is 6.09 Å². The number of anilines is 1. The van der Waals surface area contributed by atoms with Crippen molar-refractivity contribution in [3.63, 3.8) is 0 Å². The van der Waals surface area contributed by atoms with Gasteiger partial charge in [-0.15, -0.1) is 11.3 Å². The molecule has 1 radical (unpaired) electrons. The van der Waals surface area contributed by atoms with Crippen LogP contribution in [-0.2, 0) is 14.4 Å². The number of ether oxygens (including phenoxy) is 1. The van der Waals surface area contributed by atoms with E-state index in [4.69, 9.17) is 45.4 Å². The SMILES string of the molecule is CC(C)O/N=C(/C([NH])=O)c1csc(NC(=O)OCC(Cl)(Cl)Cl)n1. The van der Waals surface area contributed by atoms with E-state index in [-0.39, 0.29) is 22.6 Å². The molecule has 0 saturated heterocycles. The molecule has 8 nitrogen and oxygen atoms in total. The number of carbonyl (C=O) groups is 2. The van der Waals surface area contributed by atoms with Gasteiger partial charge in [0.05, 0.1) is 0 Å². The first kappa shape index (κ1) is 19.8. The fourth-order valence-corrected chi connectivity index (χ4v) is 1.92. The number of thiazole rings is 1. The van der Waals surface area contributed by atoms with Crippen LogP contribution >= 0.6 is 46.1 Å². The summed E-state index contributed by atoms with van der Waals surface area (Å²) < 4.78 is 2.94. The van der Waals surface area contributed by atoms with Gasteiger partial charge in [0.1, 0.15) is 18.4 Å². The van der Waals surface area contributed by atoms with Crippen molar-refractivity contribution < 1.29 is 19.2 Å². The number of halogens is 3. The quantitative estimate of drug-likeness (QED) is 0.446. The average Bonchev–Trinajstić information content (AvgIpc) is 2.83. The van der Waals surface area contributed by atoms with Crippen LogP contribution in [0.5, 0.6) is 0 Å². The Kier molecular flexibility index (Phi) is 7.33. The lowest BCUT2D eigenvalue weighted by Crippen LogP contribution is -2.21. The second-order valence-corrected chi connectivity index (χ2v) is 7.65. The molecule has 1 aromatic heterocycles. The summed E-state index contributed by atoms with van der Waals surface area (Å²) in [5.41, 5.74) is 6.97. The van der Waals surface area contributed by atoms with Crippen molar-refractivity contribution in [3.05, 3.63) is 11.1 Å². The highest BCUT2D eigenvalue weighted by atomic mass is 35.6. The number of hydrogen-bond donors (Lipinski definition) is 1. The standard InChI is InChI=1S/C11H12Cl3N4O4S/c1-5(2)22-18-7(8(15)19)6-3-23-9(16-6)17-10(20)21-4-11(12,13)14/h3,5,15H,4H2,1-2H3,(H,16,17,20)/b18-7+. The van der Waals surface area contributed by atoms with Gasteiger partial charge in [-0.1, -0.05) is 40.0 Å². The maximum atomic E-state index is 11.5. The van der Waals surface area contributed by atoms with Gasteiger partial charge in [-0.3, -0.25) is 15.8 Å². The Balaban J connectivity index is 2.74. The van der Waals surface area contributed by atoms with Crippen LogP contribution in [0.15, 0.2) is 10.5 Å². The van der Waals surface area contributed by atoms with Crippen molar-refractivity contribution in [2.24, 2.45) is 5.16 Å². The highest BCUT2D eigenvalue weighted by molar-refractivity contribution is 7.14. The molecule has 2 N–H and O–H groups in total. The molecule has 0 aromatic carbocycles. The van der Waals surface area contributed by atoms with Crippen LogP contribution in [0.25, 0.3) is 0 Å². The summed E-state index contributed by atoms with van der Waals surface area (Å²) in [7, 11) is 0. The molecule has 0 fully saturated rings. The Morgan fingerprint density at radius 3 is 2.65 bits per heavy atom. The van der Waals surface area contributed by atoms with Crippen molar-refractivity contribution in [2.75, 3.05) is 11.9 Å². The Morgan fingerprint density at radius 2 is 2.13 bits per heavy atom. The van der Waals surface area contributed by atoms with Crippen molar-refractivity contribution >= 4 is 69.0 Å². The largest absolute Gasteiger partial charge is 0.445 e. The third-order valence-electron chi connectivity index (χ3n) is 1.89. The van der Waals surface area contributed by atoms with Crippen molar-refractivity contribution in [2.45, 2.75) is 23.7 Å². The van der Waals surface area contributed by atoms with Crippen LogP contribution in [-0.4, -0.2) is 39.2 Å². The molecule has 0 aliphatic rings. The summed E-state index contributed by atoms with van der Waals surface area (Å²) in [4.78, 5) is 31.6. The van der Waals surface area contributed by atoms with Crippen LogP contribution in [0, 0.1) is 0 Å². The normalized spacial score (nSPS) is 12.2. The molecule has 12 heteroatoms. The first-order valence-electron chi connectivity index (χ1n) is 6.04. The highest BCUT2D eigenvalue weighted by Gasteiger charge is 2.23.